The zero-order valence-electron chi connectivity index (χ0n) is 24.0. The normalized spacial score (nSPS) is 39.9. The number of hydrogen-bond acceptors (Lipinski definition) is 5. The first-order valence-electron chi connectivity index (χ1n) is 14.9. The van der Waals surface area contributed by atoms with Crippen LogP contribution in [-0.4, -0.2) is 33.7 Å². The van der Waals surface area contributed by atoms with Gasteiger partial charge in [0.1, 0.15) is 5.69 Å². The van der Waals surface area contributed by atoms with Gasteiger partial charge in [-0.3, -0.25) is 4.79 Å². The minimum absolute atomic E-state index is 0.0406. The summed E-state index contributed by atoms with van der Waals surface area (Å²) < 4.78 is 14.2. The Morgan fingerprint density at radius 2 is 1.82 bits per heavy atom. The van der Waals surface area contributed by atoms with E-state index in [1.165, 1.54) is 37.7 Å². The van der Waals surface area contributed by atoms with Crippen LogP contribution in [0.5, 0.6) is 0 Å². The number of hydrogen-bond donors (Lipinski definition) is 0. The van der Waals surface area contributed by atoms with Crippen LogP contribution in [0.15, 0.2) is 30.5 Å². The molecule has 6 rings (SSSR count). The van der Waals surface area contributed by atoms with E-state index in [9.17, 15) is 4.79 Å². The fourth-order valence-corrected chi connectivity index (χ4v) is 9.88. The Balaban J connectivity index is 1.18. The smallest absolute Gasteiger partial charge is 0.312 e. The number of carbonyl (C=O) groups is 1. The highest BCUT2D eigenvalue weighted by Crippen LogP contribution is 2.74. The van der Waals surface area contributed by atoms with Gasteiger partial charge in [-0.2, -0.15) is 0 Å². The molecule has 0 unspecified atom stereocenters. The van der Waals surface area contributed by atoms with Gasteiger partial charge in [-0.25, -0.2) is 4.68 Å². The highest BCUT2D eigenvalue weighted by atomic mass is 16.5. The lowest BCUT2D eigenvalue weighted by Gasteiger charge is -2.64. The van der Waals surface area contributed by atoms with Gasteiger partial charge in [-0.1, -0.05) is 43.2 Å². The van der Waals surface area contributed by atoms with Gasteiger partial charge in [0.05, 0.1) is 36.6 Å². The monoisotopic (exact) mass is 519 g/mol. The van der Waals surface area contributed by atoms with Crippen LogP contribution in [0.3, 0.4) is 0 Å². The number of nitrogens with zero attached hydrogens (tertiary/aromatic N) is 3. The van der Waals surface area contributed by atoms with Crippen molar-refractivity contribution in [3.05, 3.63) is 41.7 Å². The molecule has 0 radical (unpaired) electrons. The van der Waals surface area contributed by atoms with Gasteiger partial charge in [0.25, 0.3) is 0 Å². The second-order valence-corrected chi connectivity index (χ2v) is 13.9. The number of rotatable bonds is 6. The van der Waals surface area contributed by atoms with Crippen molar-refractivity contribution in [2.45, 2.75) is 105 Å². The molecule has 4 aliphatic rings. The predicted octanol–water partition coefficient (Wildman–Crippen LogP) is 6.83. The maximum absolute atomic E-state index is 13.2. The van der Waals surface area contributed by atoms with Crippen molar-refractivity contribution in [3.8, 4) is 5.69 Å². The molecule has 38 heavy (non-hydrogen) atoms. The number of carbonyl (C=O) groups excluding carboxylic acids is 1. The van der Waals surface area contributed by atoms with Crippen LogP contribution < -0.4 is 0 Å². The van der Waals surface area contributed by atoms with E-state index < -0.39 is 0 Å². The number of benzene rings is 1. The van der Waals surface area contributed by atoms with E-state index in [-0.39, 0.29) is 28.3 Å². The van der Waals surface area contributed by atoms with Gasteiger partial charge < -0.3 is 9.47 Å². The highest BCUT2D eigenvalue weighted by Gasteiger charge is 2.68. The molecule has 7 atom stereocenters. The zero-order chi connectivity index (χ0) is 26.8. The molecule has 0 N–H and O–H groups in total. The molecule has 0 aliphatic heterocycles. The van der Waals surface area contributed by atoms with Crippen molar-refractivity contribution in [1.82, 2.24) is 15.0 Å². The number of ether oxygens (including phenoxy) is 2. The zero-order valence-corrected chi connectivity index (χ0v) is 24.0. The first kappa shape index (κ1) is 26.0. The van der Waals surface area contributed by atoms with Crippen molar-refractivity contribution >= 4 is 5.97 Å². The van der Waals surface area contributed by atoms with Gasteiger partial charge in [-0.05, 0) is 112 Å². The van der Waals surface area contributed by atoms with E-state index >= 15 is 0 Å². The number of fused-ring (bicyclic) bond motifs is 3. The van der Waals surface area contributed by atoms with Crippen LogP contribution in [0.4, 0.5) is 0 Å². The lowest BCUT2D eigenvalue weighted by Crippen LogP contribution is -2.58. The van der Waals surface area contributed by atoms with Crippen LogP contribution in [0.1, 0.15) is 96.7 Å². The molecule has 2 bridgehead atoms. The Labute approximate surface area is 227 Å². The molecule has 206 valence electrons. The molecule has 4 aliphatic carbocycles. The van der Waals surface area contributed by atoms with Crippen molar-refractivity contribution in [3.63, 3.8) is 0 Å². The Kier molecular flexibility index (Phi) is 6.29. The van der Waals surface area contributed by atoms with Crippen molar-refractivity contribution in [2.24, 2.45) is 33.5 Å². The van der Waals surface area contributed by atoms with Crippen LogP contribution in [-0.2, 0) is 20.9 Å². The number of aryl methyl sites for hydroxylation is 1. The second kappa shape index (κ2) is 9.18. The summed E-state index contributed by atoms with van der Waals surface area (Å²) in [5.74, 6) is 1.12. The van der Waals surface area contributed by atoms with Gasteiger partial charge in [0.15, 0.2) is 0 Å². The van der Waals surface area contributed by atoms with Crippen LogP contribution in [0, 0.1) is 40.4 Å². The summed E-state index contributed by atoms with van der Waals surface area (Å²) in [6.07, 6.45) is 12.8. The third-order valence-corrected chi connectivity index (χ3v) is 11.6. The van der Waals surface area contributed by atoms with Gasteiger partial charge in [0, 0.05) is 0 Å². The average molecular weight is 520 g/mol. The minimum atomic E-state index is -0.344. The van der Waals surface area contributed by atoms with E-state index in [1.807, 2.05) is 17.8 Å². The van der Waals surface area contributed by atoms with Crippen molar-refractivity contribution in [2.75, 3.05) is 6.61 Å². The molecular formula is C32H45N3O3. The number of aromatic nitrogens is 3. The van der Waals surface area contributed by atoms with Crippen molar-refractivity contribution in [1.29, 1.82) is 0 Å². The third-order valence-electron chi connectivity index (χ3n) is 11.6. The molecular weight excluding hydrogens is 474 g/mol. The molecule has 0 amide bonds. The molecule has 4 fully saturated rings. The molecule has 6 nitrogen and oxygen atoms in total. The fourth-order valence-electron chi connectivity index (χ4n) is 9.88. The van der Waals surface area contributed by atoms with E-state index in [0.717, 1.165) is 37.1 Å². The lowest BCUT2D eigenvalue weighted by molar-refractivity contribution is -0.187. The molecule has 1 spiro atoms. The van der Waals surface area contributed by atoms with Gasteiger partial charge in [0.2, 0.25) is 0 Å². The van der Waals surface area contributed by atoms with E-state index in [1.54, 1.807) is 0 Å². The van der Waals surface area contributed by atoms with E-state index in [2.05, 4.69) is 62.3 Å². The summed E-state index contributed by atoms with van der Waals surface area (Å²) in [6.45, 7) is 12.2. The number of esters is 1. The van der Waals surface area contributed by atoms with E-state index in [0.29, 0.717) is 30.5 Å². The third kappa shape index (κ3) is 3.96. The Hall–Kier alpha value is -2.21. The maximum atomic E-state index is 13.2. The van der Waals surface area contributed by atoms with Crippen LogP contribution in [0.25, 0.3) is 5.69 Å². The SMILES string of the molecule is CCOC(=O)[C@]1(C)CCC[C@@]2(C)[C@@H]3CC[C@@]4(C)C[C@]3(CC[C@@H]21)C[C@H]4OCc1cn(-c2ccc(C)cc2)nn1. The van der Waals surface area contributed by atoms with Gasteiger partial charge in [-0.15, -0.1) is 5.10 Å². The molecule has 6 heteroatoms. The second-order valence-electron chi connectivity index (χ2n) is 13.9. The van der Waals surface area contributed by atoms with E-state index in [4.69, 9.17) is 9.47 Å². The fraction of sp³-hybridized carbons (Fsp3) is 0.719. The first-order valence-corrected chi connectivity index (χ1v) is 14.9. The average Bonchev–Trinajstić information content (AvgIpc) is 3.43. The quantitative estimate of drug-likeness (QED) is 0.392. The molecule has 1 heterocycles. The summed E-state index contributed by atoms with van der Waals surface area (Å²) in [4.78, 5) is 13.2. The molecule has 0 saturated heterocycles. The Bertz CT molecular complexity index is 1190. The molecule has 1 aromatic heterocycles. The summed E-state index contributed by atoms with van der Waals surface area (Å²) >= 11 is 0. The Morgan fingerprint density at radius 3 is 2.58 bits per heavy atom. The summed E-state index contributed by atoms with van der Waals surface area (Å²) in [5, 5.41) is 8.77. The lowest BCUT2D eigenvalue weighted by atomic mass is 9.40. The largest absolute Gasteiger partial charge is 0.466 e. The molecule has 2 aromatic rings. The van der Waals surface area contributed by atoms with Gasteiger partial charge >= 0.3 is 5.97 Å². The summed E-state index contributed by atoms with van der Waals surface area (Å²) in [5.41, 5.74) is 3.54. The first-order chi connectivity index (χ1) is 18.1. The standard InChI is InChI=1S/C32H45N3O3/c1-6-37-28(36)31(5)15-7-14-30(4)25(31)13-17-32-18-27(29(3,21-32)16-12-26(30)32)38-20-23-19-35(34-33-23)24-10-8-22(2)9-11-24/h8-11,19,25-27H,6-7,12-18,20-21H2,1-5H3/t25-,26-,27+,29-,30+,31+,32-/m0/s1. The highest BCUT2D eigenvalue weighted by molar-refractivity contribution is 5.77. The predicted molar refractivity (Wildman–Crippen MR) is 147 cm³/mol. The minimum Gasteiger partial charge on any atom is -0.466 e. The molecule has 1 aromatic carbocycles. The van der Waals surface area contributed by atoms with Crippen LogP contribution in [0.2, 0.25) is 0 Å². The Morgan fingerprint density at radius 1 is 1.05 bits per heavy atom. The summed E-state index contributed by atoms with van der Waals surface area (Å²) in [6, 6.07) is 8.34. The topological polar surface area (TPSA) is 66.2 Å². The van der Waals surface area contributed by atoms with Crippen molar-refractivity contribution < 1.29 is 14.3 Å². The van der Waals surface area contributed by atoms with Crippen LogP contribution >= 0.6 is 0 Å². The molecule has 4 saturated carbocycles. The summed E-state index contributed by atoms with van der Waals surface area (Å²) in [7, 11) is 0. The maximum Gasteiger partial charge on any atom is 0.312 e.